The number of hydrogen-bond donors (Lipinski definition) is 2. The Bertz CT molecular complexity index is 839. The van der Waals surface area contributed by atoms with Crippen LogP contribution in [0.1, 0.15) is 35.2 Å². The fourth-order valence-electron chi connectivity index (χ4n) is 4.23. The molecule has 4 rings (SSSR count). The van der Waals surface area contributed by atoms with Gasteiger partial charge in [0.2, 0.25) is 0 Å². The fourth-order valence-corrected chi connectivity index (χ4v) is 4.23. The first-order valence-corrected chi connectivity index (χ1v) is 8.71. The van der Waals surface area contributed by atoms with E-state index in [2.05, 4.69) is 10.3 Å². The first-order chi connectivity index (χ1) is 11.6. The van der Waals surface area contributed by atoms with Crippen molar-refractivity contribution in [3.05, 3.63) is 45.7 Å². The number of likely N-dealkylation sites (tertiary alicyclic amines) is 1. The van der Waals surface area contributed by atoms with Crippen molar-refractivity contribution < 1.29 is 4.79 Å². The fraction of sp³-hybridized carbons (Fsp3) is 0.474. The number of carbonyl (C=O) groups excluding carboxylic acids is 1. The first kappa shape index (κ1) is 15.4. The van der Waals surface area contributed by atoms with Crippen LogP contribution in [0.25, 0.3) is 10.9 Å². The van der Waals surface area contributed by atoms with Crippen LogP contribution in [-0.4, -0.2) is 42.0 Å². The van der Waals surface area contributed by atoms with E-state index >= 15 is 0 Å². The Morgan fingerprint density at radius 2 is 1.92 bits per heavy atom. The number of piperidine rings is 1. The predicted octanol–water partition coefficient (Wildman–Crippen LogP) is 2.05. The summed E-state index contributed by atoms with van der Waals surface area (Å²) in [5, 5.41) is 4.38. The average molecular weight is 325 g/mol. The van der Waals surface area contributed by atoms with E-state index in [4.69, 9.17) is 0 Å². The van der Waals surface area contributed by atoms with Crippen LogP contribution in [0.15, 0.2) is 29.1 Å². The third-order valence-corrected chi connectivity index (χ3v) is 5.84. The Hall–Kier alpha value is -2.14. The molecule has 0 aliphatic carbocycles. The summed E-state index contributed by atoms with van der Waals surface area (Å²) < 4.78 is 0. The number of nitrogens with one attached hydrogen (secondary N) is 2. The van der Waals surface area contributed by atoms with E-state index in [1.165, 1.54) is 6.42 Å². The van der Waals surface area contributed by atoms with E-state index in [0.29, 0.717) is 11.0 Å². The zero-order valence-corrected chi connectivity index (χ0v) is 14.0. The SMILES string of the molecule is Cc1c(C(=O)N2CCC3(CCNC3)CC2)c(=O)[nH]c2ccccc12. The number of H-pyrrole nitrogens is 1. The lowest BCUT2D eigenvalue weighted by Crippen LogP contribution is -2.45. The Morgan fingerprint density at radius 1 is 1.17 bits per heavy atom. The number of pyridine rings is 1. The highest BCUT2D eigenvalue weighted by atomic mass is 16.2. The van der Waals surface area contributed by atoms with Crippen molar-refractivity contribution in [2.75, 3.05) is 26.2 Å². The second-order valence-corrected chi connectivity index (χ2v) is 7.22. The van der Waals surface area contributed by atoms with Gasteiger partial charge in [-0.1, -0.05) is 18.2 Å². The number of benzene rings is 1. The minimum absolute atomic E-state index is 0.125. The molecule has 1 aromatic carbocycles. The molecule has 24 heavy (non-hydrogen) atoms. The number of carbonyl (C=O) groups is 1. The molecule has 2 aliphatic heterocycles. The second-order valence-electron chi connectivity index (χ2n) is 7.22. The van der Waals surface area contributed by atoms with Crippen molar-refractivity contribution in [2.24, 2.45) is 5.41 Å². The largest absolute Gasteiger partial charge is 0.338 e. The van der Waals surface area contributed by atoms with Crippen molar-refractivity contribution >= 4 is 16.8 Å². The van der Waals surface area contributed by atoms with Crippen LogP contribution < -0.4 is 10.9 Å². The number of aromatic nitrogens is 1. The lowest BCUT2D eigenvalue weighted by Gasteiger charge is -2.39. The molecule has 3 heterocycles. The van der Waals surface area contributed by atoms with Gasteiger partial charge in [0.1, 0.15) is 5.56 Å². The van der Waals surface area contributed by atoms with Gasteiger partial charge in [-0.25, -0.2) is 0 Å². The van der Waals surface area contributed by atoms with Gasteiger partial charge in [0, 0.05) is 30.5 Å². The highest BCUT2D eigenvalue weighted by Gasteiger charge is 2.38. The molecule has 0 atom stereocenters. The van der Waals surface area contributed by atoms with Crippen molar-refractivity contribution in [2.45, 2.75) is 26.2 Å². The molecule has 2 fully saturated rings. The number of rotatable bonds is 1. The van der Waals surface area contributed by atoms with Gasteiger partial charge in [-0.15, -0.1) is 0 Å². The molecule has 2 aliphatic rings. The summed E-state index contributed by atoms with van der Waals surface area (Å²) in [5.41, 5.74) is 1.95. The summed E-state index contributed by atoms with van der Waals surface area (Å²) in [7, 11) is 0. The standard InChI is InChI=1S/C19H23N3O2/c1-13-14-4-2-3-5-15(14)21-17(23)16(13)18(24)22-10-7-19(8-11-22)6-9-20-12-19/h2-5,20H,6-12H2,1H3,(H,21,23). The first-order valence-electron chi connectivity index (χ1n) is 8.71. The van der Waals surface area contributed by atoms with Crippen molar-refractivity contribution in [1.29, 1.82) is 0 Å². The lowest BCUT2D eigenvalue weighted by atomic mass is 9.77. The normalized spacial score (nSPS) is 20.0. The molecule has 5 heteroatoms. The highest BCUT2D eigenvalue weighted by molar-refractivity contribution is 5.99. The molecule has 0 bridgehead atoms. The minimum Gasteiger partial charge on any atom is -0.338 e. The summed E-state index contributed by atoms with van der Waals surface area (Å²) in [6.07, 6.45) is 3.25. The molecule has 2 N–H and O–H groups in total. The smallest absolute Gasteiger partial charge is 0.261 e. The summed E-state index contributed by atoms with van der Waals surface area (Å²) in [5.74, 6) is -0.125. The highest BCUT2D eigenvalue weighted by Crippen LogP contribution is 2.37. The van der Waals surface area contributed by atoms with Crippen LogP contribution in [0.5, 0.6) is 0 Å². The number of amides is 1. The number of para-hydroxylation sites is 1. The molecule has 2 saturated heterocycles. The predicted molar refractivity (Wildman–Crippen MR) is 94.4 cm³/mol. The maximum absolute atomic E-state index is 13.0. The lowest BCUT2D eigenvalue weighted by molar-refractivity contribution is 0.0605. The monoisotopic (exact) mass is 325 g/mol. The van der Waals surface area contributed by atoms with Crippen LogP contribution in [-0.2, 0) is 0 Å². The quantitative estimate of drug-likeness (QED) is 0.843. The summed E-state index contributed by atoms with van der Waals surface area (Å²) in [4.78, 5) is 30.2. The van der Waals surface area contributed by atoms with E-state index in [-0.39, 0.29) is 11.5 Å². The second kappa shape index (κ2) is 5.74. The minimum atomic E-state index is -0.279. The van der Waals surface area contributed by atoms with Gasteiger partial charge in [-0.05, 0) is 49.8 Å². The van der Waals surface area contributed by atoms with Crippen LogP contribution in [0.2, 0.25) is 0 Å². The number of aromatic amines is 1. The van der Waals surface area contributed by atoms with E-state index in [0.717, 1.165) is 55.5 Å². The Kier molecular flexibility index (Phi) is 3.68. The van der Waals surface area contributed by atoms with Crippen LogP contribution in [0, 0.1) is 12.3 Å². The van der Waals surface area contributed by atoms with Gasteiger partial charge < -0.3 is 15.2 Å². The topological polar surface area (TPSA) is 65.2 Å². The zero-order valence-electron chi connectivity index (χ0n) is 14.0. The van der Waals surface area contributed by atoms with Crippen molar-refractivity contribution in [3.63, 3.8) is 0 Å². The van der Waals surface area contributed by atoms with Gasteiger partial charge in [0.15, 0.2) is 0 Å². The maximum Gasteiger partial charge on any atom is 0.261 e. The molecule has 1 amide bonds. The van der Waals surface area contributed by atoms with Gasteiger partial charge in [0.05, 0.1) is 0 Å². The molecular formula is C19H23N3O2. The van der Waals surface area contributed by atoms with Crippen LogP contribution in [0.4, 0.5) is 0 Å². The molecular weight excluding hydrogens is 302 g/mol. The van der Waals surface area contributed by atoms with Crippen LogP contribution in [0.3, 0.4) is 0 Å². The van der Waals surface area contributed by atoms with E-state index in [1.54, 1.807) is 0 Å². The third-order valence-electron chi connectivity index (χ3n) is 5.84. The number of hydrogen-bond acceptors (Lipinski definition) is 3. The third kappa shape index (κ3) is 2.44. The Balaban J connectivity index is 1.63. The van der Waals surface area contributed by atoms with E-state index in [1.807, 2.05) is 36.1 Å². The summed E-state index contributed by atoms with van der Waals surface area (Å²) >= 11 is 0. The molecule has 0 unspecified atom stereocenters. The molecule has 2 aromatic rings. The molecule has 126 valence electrons. The Labute approximate surface area is 141 Å². The maximum atomic E-state index is 13.0. The zero-order chi connectivity index (χ0) is 16.7. The van der Waals surface area contributed by atoms with Crippen molar-refractivity contribution in [1.82, 2.24) is 15.2 Å². The van der Waals surface area contributed by atoms with E-state index < -0.39 is 0 Å². The molecule has 1 aromatic heterocycles. The van der Waals surface area contributed by atoms with Gasteiger partial charge in [0.25, 0.3) is 11.5 Å². The molecule has 5 nitrogen and oxygen atoms in total. The Morgan fingerprint density at radius 3 is 2.62 bits per heavy atom. The van der Waals surface area contributed by atoms with Gasteiger partial charge in [-0.3, -0.25) is 9.59 Å². The van der Waals surface area contributed by atoms with Crippen molar-refractivity contribution in [3.8, 4) is 0 Å². The number of nitrogens with zero attached hydrogens (tertiary/aromatic N) is 1. The van der Waals surface area contributed by atoms with Gasteiger partial charge >= 0.3 is 0 Å². The molecule has 0 radical (unpaired) electrons. The van der Waals surface area contributed by atoms with Gasteiger partial charge in [-0.2, -0.15) is 0 Å². The summed E-state index contributed by atoms with van der Waals surface area (Å²) in [6, 6.07) is 7.64. The number of aryl methyl sites for hydroxylation is 1. The van der Waals surface area contributed by atoms with E-state index in [9.17, 15) is 9.59 Å². The summed E-state index contributed by atoms with van der Waals surface area (Å²) in [6.45, 7) is 5.50. The van der Waals surface area contributed by atoms with Crippen LogP contribution >= 0.6 is 0 Å². The molecule has 1 spiro atoms. The number of fused-ring (bicyclic) bond motifs is 1. The average Bonchev–Trinajstić information content (AvgIpc) is 3.03. The molecule has 0 saturated carbocycles.